The first kappa shape index (κ1) is 15.9. The van der Waals surface area contributed by atoms with Crippen molar-refractivity contribution < 1.29 is 13.9 Å². The standard InChI is InChI=1S/C19H21N3O3/c1-24-19(23)17-9-8-14(25-17)12-22-10-4-5-13(11-22)18-20-15-6-2-3-7-16(15)21-18/h2-3,6-9,13H,4-5,10-12H2,1H3,(H,20,21). The van der Waals surface area contributed by atoms with Crippen LogP contribution in [-0.4, -0.2) is 41.0 Å². The maximum atomic E-state index is 11.5. The number of carbonyl (C=O) groups is 1. The molecule has 1 aliphatic rings. The highest BCUT2D eigenvalue weighted by Crippen LogP contribution is 2.27. The smallest absolute Gasteiger partial charge is 0.373 e. The summed E-state index contributed by atoms with van der Waals surface area (Å²) >= 11 is 0. The van der Waals surface area contributed by atoms with Crippen LogP contribution in [-0.2, 0) is 11.3 Å². The topological polar surface area (TPSA) is 71.4 Å². The molecular weight excluding hydrogens is 318 g/mol. The number of piperidine rings is 1. The van der Waals surface area contributed by atoms with Gasteiger partial charge in [-0.1, -0.05) is 12.1 Å². The number of aromatic nitrogens is 2. The molecule has 0 radical (unpaired) electrons. The molecule has 6 heteroatoms. The number of fused-ring (bicyclic) bond motifs is 1. The largest absolute Gasteiger partial charge is 0.463 e. The number of hydrogen-bond acceptors (Lipinski definition) is 5. The van der Waals surface area contributed by atoms with Crippen molar-refractivity contribution in [3.63, 3.8) is 0 Å². The van der Waals surface area contributed by atoms with Gasteiger partial charge in [0.2, 0.25) is 5.76 Å². The lowest BCUT2D eigenvalue weighted by molar-refractivity contribution is 0.0560. The van der Waals surface area contributed by atoms with Gasteiger partial charge in [0.15, 0.2) is 0 Å². The molecule has 1 aliphatic heterocycles. The lowest BCUT2D eigenvalue weighted by Gasteiger charge is -2.31. The molecule has 130 valence electrons. The summed E-state index contributed by atoms with van der Waals surface area (Å²) < 4.78 is 10.3. The van der Waals surface area contributed by atoms with Gasteiger partial charge in [-0.05, 0) is 43.7 Å². The number of rotatable bonds is 4. The molecule has 3 aromatic rings. The molecule has 0 bridgehead atoms. The van der Waals surface area contributed by atoms with E-state index in [2.05, 4.69) is 20.7 Å². The van der Waals surface area contributed by atoms with Gasteiger partial charge in [-0.25, -0.2) is 9.78 Å². The summed E-state index contributed by atoms with van der Waals surface area (Å²) in [5, 5.41) is 0. The number of nitrogens with one attached hydrogen (secondary N) is 1. The highest BCUT2D eigenvalue weighted by Gasteiger charge is 2.24. The van der Waals surface area contributed by atoms with E-state index in [1.165, 1.54) is 7.11 Å². The number of carbonyl (C=O) groups excluding carboxylic acids is 1. The van der Waals surface area contributed by atoms with Gasteiger partial charge in [0, 0.05) is 12.5 Å². The third-order valence-corrected chi connectivity index (χ3v) is 4.73. The van der Waals surface area contributed by atoms with Gasteiger partial charge in [0.25, 0.3) is 0 Å². The van der Waals surface area contributed by atoms with Crippen molar-refractivity contribution in [1.29, 1.82) is 0 Å². The minimum absolute atomic E-state index is 0.253. The second kappa shape index (κ2) is 6.72. The van der Waals surface area contributed by atoms with Crippen molar-refractivity contribution in [3.8, 4) is 0 Å². The molecule has 1 fully saturated rings. The molecule has 3 heterocycles. The maximum absolute atomic E-state index is 11.5. The Hall–Kier alpha value is -2.60. The number of para-hydroxylation sites is 2. The third-order valence-electron chi connectivity index (χ3n) is 4.73. The van der Waals surface area contributed by atoms with Crippen LogP contribution in [0.25, 0.3) is 11.0 Å². The van der Waals surface area contributed by atoms with E-state index in [0.717, 1.165) is 48.5 Å². The Morgan fingerprint density at radius 1 is 1.36 bits per heavy atom. The van der Waals surface area contributed by atoms with Gasteiger partial charge in [0.05, 0.1) is 24.7 Å². The first-order valence-corrected chi connectivity index (χ1v) is 8.57. The van der Waals surface area contributed by atoms with E-state index >= 15 is 0 Å². The molecule has 0 saturated carbocycles. The fourth-order valence-corrected chi connectivity index (χ4v) is 3.48. The fraction of sp³-hybridized carbons (Fsp3) is 0.368. The fourth-order valence-electron chi connectivity index (χ4n) is 3.48. The normalized spacial score (nSPS) is 18.5. The Bertz CT molecular complexity index is 850. The van der Waals surface area contributed by atoms with Crippen LogP contribution in [0.5, 0.6) is 0 Å². The van der Waals surface area contributed by atoms with Crippen LogP contribution in [0, 0.1) is 0 Å². The summed E-state index contributed by atoms with van der Waals surface area (Å²) in [5.41, 5.74) is 2.10. The summed E-state index contributed by atoms with van der Waals surface area (Å²) in [6.07, 6.45) is 2.24. The zero-order valence-electron chi connectivity index (χ0n) is 14.2. The highest BCUT2D eigenvalue weighted by molar-refractivity contribution is 5.86. The Morgan fingerprint density at radius 2 is 2.24 bits per heavy atom. The van der Waals surface area contributed by atoms with E-state index in [4.69, 9.17) is 9.40 Å². The van der Waals surface area contributed by atoms with E-state index in [0.29, 0.717) is 12.5 Å². The van der Waals surface area contributed by atoms with E-state index in [9.17, 15) is 4.79 Å². The highest BCUT2D eigenvalue weighted by atomic mass is 16.5. The van der Waals surface area contributed by atoms with E-state index in [1.54, 1.807) is 6.07 Å². The Balaban J connectivity index is 1.45. The summed E-state index contributed by atoms with van der Waals surface area (Å²) in [6.45, 7) is 2.63. The van der Waals surface area contributed by atoms with Crippen molar-refractivity contribution in [2.75, 3.05) is 20.2 Å². The number of nitrogens with zero attached hydrogens (tertiary/aromatic N) is 2. The van der Waals surface area contributed by atoms with E-state index in [1.807, 2.05) is 24.3 Å². The number of benzene rings is 1. The summed E-state index contributed by atoms with van der Waals surface area (Å²) in [4.78, 5) is 22.1. The number of imidazole rings is 1. The Morgan fingerprint density at radius 3 is 3.08 bits per heavy atom. The van der Waals surface area contributed by atoms with Crippen LogP contribution in [0.3, 0.4) is 0 Å². The van der Waals surface area contributed by atoms with Crippen molar-refractivity contribution in [3.05, 3.63) is 53.7 Å². The molecule has 1 atom stereocenters. The molecule has 0 spiro atoms. The second-order valence-corrected chi connectivity index (χ2v) is 6.47. The zero-order valence-corrected chi connectivity index (χ0v) is 14.2. The molecule has 1 unspecified atom stereocenters. The van der Waals surface area contributed by atoms with Gasteiger partial charge >= 0.3 is 5.97 Å². The molecule has 1 N–H and O–H groups in total. The van der Waals surface area contributed by atoms with Gasteiger partial charge in [0.1, 0.15) is 11.6 Å². The van der Waals surface area contributed by atoms with Crippen LogP contribution >= 0.6 is 0 Å². The van der Waals surface area contributed by atoms with Gasteiger partial charge in [-0.3, -0.25) is 4.90 Å². The molecular formula is C19H21N3O3. The first-order valence-electron chi connectivity index (χ1n) is 8.57. The maximum Gasteiger partial charge on any atom is 0.373 e. The molecule has 25 heavy (non-hydrogen) atoms. The number of hydrogen-bond donors (Lipinski definition) is 1. The minimum Gasteiger partial charge on any atom is -0.463 e. The van der Waals surface area contributed by atoms with Crippen LogP contribution in [0.15, 0.2) is 40.8 Å². The first-order chi connectivity index (χ1) is 12.2. The number of methoxy groups -OCH3 is 1. The average Bonchev–Trinajstić information content (AvgIpc) is 3.28. The number of esters is 1. The molecule has 1 aromatic carbocycles. The van der Waals surface area contributed by atoms with E-state index in [-0.39, 0.29) is 5.76 Å². The predicted octanol–water partition coefficient (Wildman–Crippen LogP) is 3.32. The Labute approximate surface area is 145 Å². The minimum atomic E-state index is -0.440. The summed E-state index contributed by atoms with van der Waals surface area (Å²) in [5.74, 6) is 2.04. The monoisotopic (exact) mass is 339 g/mol. The van der Waals surface area contributed by atoms with Crippen molar-refractivity contribution >= 4 is 17.0 Å². The SMILES string of the molecule is COC(=O)c1ccc(CN2CCCC(c3nc4ccccc4[nH]3)C2)o1. The van der Waals surface area contributed by atoms with Crippen LogP contribution < -0.4 is 0 Å². The second-order valence-electron chi connectivity index (χ2n) is 6.47. The van der Waals surface area contributed by atoms with Crippen molar-refractivity contribution in [2.24, 2.45) is 0 Å². The molecule has 0 amide bonds. The number of furan rings is 1. The van der Waals surface area contributed by atoms with Crippen LogP contribution in [0.2, 0.25) is 0 Å². The quantitative estimate of drug-likeness (QED) is 0.738. The lowest BCUT2D eigenvalue weighted by atomic mass is 9.97. The van der Waals surface area contributed by atoms with Crippen LogP contribution in [0.1, 0.15) is 40.9 Å². The molecule has 6 nitrogen and oxygen atoms in total. The van der Waals surface area contributed by atoms with Gasteiger partial charge in [-0.2, -0.15) is 0 Å². The predicted molar refractivity (Wildman–Crippen MR) is 93.4 cm³/mol. The third kappa shape index (κ3) is 3.30. The number of likely N-dealkylation sites (tertiary alicyclic amines) is 1. The Kier molecular flexibility index (Phi) is 4.28. The summed E-state index contributed by atoms with van der Waals surface area (Å²) in [6, 6.07) is 11.6. The number of aromatic amines is 1. The lowest BCUT2D eigenvalue weighted by Crippen LogP contribution is -2.34. The van der Waals surface area contributed by atoms with Gasteiger partial charge < -0.3 is 14.1 Å². The summed E-state index contributed by atoms with van der Waals surface area (Å²) in [7, 11) is 1.35. The van der Waals surface area contributed by atoms with Crippen LogP contribution in [0.4, 0.5) is 0 Å². The average molecular weight is 339 g/mol. The number of H-pyrrole nitrogens is 1. The zero-order chi connectivity index (χ0) is 17.2. The van der Waals surface area contributed by atoms with Crippen molar-refractivity contribution in [2.45, 2.75) is 25.3 Å². The molecule has 1 saturated heterocycles. The molecule has 0 aliphatic carbocycles. The molecule has 2 aromatic heterocycles. The van der Waals surface area contributed by atoms with Gasteiger partial charge in [-0.15, -0.1) is 0 Å². The van der Waals surface area contributed by atoms with Crippen molar-refractivity contribution in [1.82, 2.24) is 14.9 Å². The molecule has 4 rings (SSSR count). The number of ether oxygens (including phenoxy) is 1. The van der Waals surface area contributed by atoms with E-state index < -0.39 is 5.97 Å².